The maximum atomic E-state index is 12.7. The molecule has 0 aromatic heterocycles. The largest absolute Gasteiger partial charge is 0.457 e. The summed E-state index contributed by atoms with van der Waals surface area (Å²) in [5.74, 6) is 1.91. The maximum Gasteiger partial charge on any atom is 0.253 e. The number of nitrogens with zero attached hydrogens (tertiary/aromatic N) is 1. The molecule has 1 aliphatic heterocycles. The third-order valence-corrected chi connectivity index (χ3v) is 5.09. The molecule has 1 heterocycles. The Morgan fingerprint density at radius 2 is 1.52 bits per heavy atom. The van der Waals surface area contributed by atoms with Gasteiger partial charge in [-0.3, -0.25) is 4.79 Å². The van der Waals surface area contributed by atoms with E-state index >= 15 is 0 Å². The van der Waals surface area contributed by atoms with E-state index < -0.39 is 5.60 Å². The van der Waals surface area contributed by atoms with E-state index in [-0.39, 0.29) is 5.91 Å². The molecule has 0 atom stereocenters. The Morgan fingerprint density at radius 1 is 1.03 bits per heavy atom. The van der Waals surface area contributed by atoms with Gasteiger partial charge in [-0.2, -0.15) is 0 Å². The summed E-state index contributed by atoms with van der Waals surface area (Å²) in [6.07, 6.45) is 2.66. The van der Waals surface area contributed by atoms with E-state index in [9.17, 15) is 9.90 Å². The lowest BCUT2D eigenvalue weighted by atomic mass is 9.86. The highest BCUT2D eigenvalue weighted by Gasteiger charge is 2.27. The molecule has 3 rings (SSSR count). The first-order valence-electron chi connectivity index (χ1n) is 10.4. The fourth-order valence-electron chi connectivity index (χ4n) is 3.53. The summed E-state index contributed by atoms with van der Waals surface area (Å²) in [7, 11) is 0. The highest BCUT2D eigenvalue weighted by Crippen LogP contribution is 2.28. The molecule has 29 heavy (non-hydrogen) atoms. The third kappa shape index (κ3) is 7.37. The van der Waals surface area contributed by atoms with Crippen molar-refractivity contribution >= 4 is 17.5 Å². The molecule has 4 nitrogen and oxygen atoms in total. The highest BCUT2D eigenvalue weighted by atomic mass is 35.5. The lowest BCUT2D eigenvalue weighted by molar-refractivity contribution is 0.0358. The van der Waals surface area contributed by atoms with Crippen LogP contribution in [0.5, 0.6) is 11.5 Å². The number of amides is 1. The normalized spacial score (nSPS) is 14.8. The topological polar surface area (TPSA) is 49.8 Å². The van der Waals surface area contributed by atoms with Gasteiger partial charge in [0.05, 0.1) is 5.60 Å². The van der Waals surface area contributed by atoms with Gasteiger partial charge in [0, 0.05) is 23.7 Å². The first kappa shape index (κ1) is 23.2. The minimum Gasteiger partial charge on any atom is -0.457 e. The van der Waals surface area contributed by atoms with E-state index in [4.69, 9.17) is 16.3 Å². The van der Waals surface area contributed by atoms with Crippen LogP contribution in [0.15, 0.2) is 48.5 Å². The van der Waals surface area contributed by atoms with Crippen molar-refractivity contribution in [2.24, 2.45) is 5.92 Å². The predicted octanol–water partition coefficient (Wildman–Crippen LogP) is 6.17. The molecule has 1 aliphatic rings. The fourth-order valence-corrected chi connectivity index (χ4v) is 3.66. The van der Waals surface area contributed by atoms with Crippen LogP contribution < -0.4 is 4.74 Å². The number of benzene rings is 2. The molecule has 0 aliphatic carbocycles. The first-order chi connectivity index (χ1) is 13.8. The van der Waals surface area contributed by atoms with Crippen LogP contribution in [0.4, 0.5) is 0 Å². The van der Waals surface area contributed by atoms with Crippen molar-refractivity contribution in [2.45, 2.75) is 52.6 Å². The maximum absolute atomic E-state index is 12.7. The van der Waals surface area contributed by atoms with Gasteiger partial charge < -0.3 is 14.7 Å². The predicted molar refractivity (Wildman–Crippen MR) is 119 cm³/mol. The molecule has 0 radical (unpaired) electrons. The van der Waals surface area contributed by atoms with Gasteiger partial charge in [-0.15, -0.1) is 0 Å². The van der Waals surface area contributed by atoms with Gasteiger partial charge in [0.2, 0.25) is 0 Å². The average Bonchev–Trinajstić information content (AvgIpc) is 2.71. The monoisotopic (exact) mass is 417 g/mol. The van der Waals surface area contributed by atoms with Crippen molar-refractivity contribution in [3.8, 4) is 11.5 Å². The SMILES string of the molecule is CC.CC(C)(O)CC1CCN(C(=O)c2ccc(Oc3ccc(Cl)cc3)cc2)CC1. The Morgan fingerprint density at radius 3 is 2.00 bits per heavy atom. The van der Waals surface area contributed by atoms with Gasteiger partial charge in [-0.25, -0.2) is 0 Å². The molecule has 2 aromatic carbocycles. The Balaban J connectivity index is 0.00000145. The zero-order chi connectivity index (χ0) is 21.4. The molecular weight excluding hydrogens is 386 g/mol. The van der Waals surface area contributed by atoms with Gasteiger partial charge in [0.25, 0.3) is 5.91 Å². The van der Waals surface area contributed by atoms with Crippen molar-refractivity contribution in [1.82, 2.24) is 4.90 Å². The molecule has 0 saturated carbocycles. The Kier molecular flexibility index (Phi) is 8.54. The summed E-state index contributed by atoms with van der Waals surface area (Å²) in [5.41, 5.74) is 0.0240. The summed E-state index contributed by atoms with van der Waals surface area (Å²) in [4.78, 5) is 14.6. The van der Waals surface area contributed by atoms with Crippen LogP contribution in [0.2, 0.25) is 5.02 Å². The Hall–Kier alpha value is -2.04. The molecule has 1 fully saturated rings. The van der Waals surface area contributed by atoms with Crippen LogP contribution in [-0.2, 0) is 0 Å². The zero-order valence-corrected chi connectivity index (χ0v) is 18.6. The van der Waals surface area contributed by atoms with Crippen LogP contribution in [-0.4, -0.2) is 34.6 Å². The number of piperidine rings is 1. The summed E-state index contributed by atoms with van der Waals surface area (Å²) in [6.45, 7) is 9.17. The second kappa shape index (κ2) is 10.7. The molecule has 1 saturated heterocycles. The van der Waals surface area contributed by atoms with Crippen LogP contribution in [0.1, 0.15) is 57.3 Å². The van der Waals surface area contributed by atoms with Gasteiger partial charge in [-0.1, -0.05) is 25.4 Å². The number of carbonyl (C=O) groups excluding carboxylic acids is 1. The molecular formula is C24H32ClNO3. The van der Waals surface area contributed by atoms with E-state index in [0.717, 1.165) is 32.4 Å². The van der Waals surface area contributed by atoms with Gasteiger partial charge in [-0.05, 0) is 87.6 Å². The van der Waals surface area contributed by atoms with Gasteiger partial charge in [0.1, 0.15) is 11.5 Å². The van der Waals surface area contributed by atoms with E-state index in [1.54, 1.807) is 36.4 Å². The van der Waals surface area contributed by atoms with E-state index in [1.165, 1.54) is 0 Å². The van der Waals surface area contributed by atoms with E-state index in [1.807, 2.05) is 44.7 Å². The highest BCUT2D eigenvalue weighted by molar-refractivity contribution is 6.30. The van der Waals surface area contributed by atoms with E-state index in [2.05, 4.69) is 0 Å². The van der Waals surface area contributed by atoms with Crippen LogP contribution >= 0.6 is 11.6 Å². The number of rotatable bonds is 5. The zero-order valence-electron chi connectivity index (χ0n) is 17.8. The minimum absolute atomic E-state index is 0.0507. The lowest BCUT2D eigenvalue weighted by Gasteiger charge is -2.34. The molecule has 1 N–H and O–H groups in total. The molecule has 0 bridgehead atoms. The molecule has 0 spiro atoms. The number of hydrogen-bond acceptors (Lipinski definition) is 3. The standard InChI is InChI=1S/C22H26ClNO3.C2H6/c1-22(2,26)15-16-11-13-24(14-12-16)21(25)17-3-7-19(8-4-17)27-20-9-5-18(23)6-10-20;1-2/h3-10,16,26H,11-15H2,1-2H3;1-2H3. The summed E-state index contributed by atoms with van der Waals surface area (Å²) in [6, 6.07) is 14.4. The molecule has 1 amide bonds. The van der Waals surface area contributed by atoms with Crippen molar-refractivity contribution in [3.05, 3.63) is 59.1 Å². The van der Waals surface area contributed by atoms with E-state index in [0.29, 0.717) is 28.0 Å². The van der Waals surface area contributed by atoms with Crippen LogP contribution in [0.25, 0.3) is 0 Å². The summed E-state index contributed by atoms with van der Waals surface area (Å²) >= 11 is 5.87. The molecule has 158 valence electrons. The number of hydrogen-bond donors (Lipinski definition) is 1. The van der Waals surface area contributed by atoms with Gasteiger partial charge in [0.15, 0.2) is 0 Å². The van der Waals surface area contributed by atoms with Gasteiger partial charge >= 0.3 is 0 Å². The Labute approximate surface area is 179 Å². The Bertz CT molecular complexity index is 758. The minimum atomic E-state index is -0.642. The number of carbonyl (C=O) groups is 1. The molecule has 2 aromatic rings. The van der Waals surface area contributed by atoms with Crippen molar-refractivity contribution in [2.75, 3.05) is 13.1 Å². The second-order valence-electron chi connectivity index (χ2n) is 7.83. The average molecular weight is 418 g/mol. The second-order valence-corrected chi connectivity index (χ2v) is 8.27. The van der Waals surface area contributed by atoms with Crippen LogP contribution in [0, 0.1) is 5.92 Å². The van der Waals surface area contributed by atoms with Crippen molar-refractivity contribution < 1.29 is 14.6 Å². The van der Waals surface area contributed by atoms with Crippen LogP contribution in [0.3, 0.4) is 0 Å². The molecule has 5 heteroatoms. The third-order valence-electron chi connectivity index (χ3n) is 4.84. The number of halogens is 1. The lowest BCUT2D eigenvalue weighted by Crippen LogP contribution is -2.40. The number of aliphatic hydroxyl groups is 1. The first-order valence-corrected chi connectivity index (χ1v) is 10.7. The fraction of sp³-hybridized carbons (Fsp3) is 0.458. The van der Waals surface area contributed by atoms with Crippen molar-refractivity contribution in [3.63, 3.8) is 0 Å². The molecule has 0 unspecified atom stereocenters. The van der Waals surface area contributed by atoms with Crippen molar-refractivity contribution in [1.29, 1.82) is 0 Å². The smallest absolute Gasteiger partial charge is 0.253 e. The summed E-state index contributed by atoms with van der Waals surface area (Å²) < 4.78 is 5.77. The number of likely N-dealkylation sites (tertiary alicyclic amines) is 1. The number of ether oxygens (including phenoxy) is 1. The summed E-state index contributed by atoms with van der Waals surface area (Å²) in [5, 5.41) is 10.6. The quantitative estimate of drug-likeness (QED) is 0.632.